The van der Waals surface area contributed by atoms with E-state index in [1.807, 2.05) is 18.2 Å². The Kier molecular flexibility index (Phi) is 4.75. The Bertz CT molecular complexity index is 936. The van der Waals surface area contributed by atoms with Gasteiger partial charge in [0.15, 0.2) is 0 Å². The van der Waals surface area contributed by atoms with Crippen LogP contribution in [0.4, 0.5) is 10.5 Å². The van der Waals surface area contributed by atoms with Crippen LogP contribution in [0.25, 0.3) is 0 Å². The fourth-order valence-electron chi connectivity index (χ4n) is 6.58. The van der Waals surface area contributed by atoms with E-state index in [4.69, 9.17) is 11.6 Å². The fraction of sp³-hybridized carbons (Fsp3) is 0.417. The summed E-state index contributed by atoms with van der Waals surface area (Å²) in [5, 5.41) is 0.00129. The Labute approximate surface area is 181 Å². The van der Waals surface area contributed by atoms with Crippen molar-refractivity contribution in [1.82, 2.24) is 0 Å². The molecule has 6 rings (SSSR count). The van der Waals surface area contributed by atoms with E-state index in [-0.39, 0.29) is 11.3 Å². The molecule has 0 N–H and O–H groups in total. The van der Waals surface area contributed by atoms with Gasteiger partial charge in [-0.15, -0.1) is 0 Å². The molecule has 4 aliphatic rings. The van der Waals surface area contributed by atoms with Crippen molar-refractivity contribution in [3.8, 4) is 0 Å². The number of para-hydroxylation sites is 1. The topological polar surface area (TPSA) is 37.4 Å². The van der Waals surface area contributed by atoms with Crippen molar-refractivity contribution < 1.29 is 9.59 Å². The van der Waals surface area contributed by atoms with E-state index >= 15 is 0 Å². The molecule has 4 aliphatic carbocycles. The summed E-state index contributed by atoms with van der Waals surface area (Å²) in [6, 6.07) is 14.6. The Morgan fingerprint density at radius 1 is 0.897 bits per heavy atom. The standard InChI is InChI=1S/C24H24ClNO2S/c25-19-7-5-18(6-8-19)22(27)26(23(28)29)21-4-2-1-3-20(21)24-12-15-9-16(13-24)11-17(10-15)14-24/h1-8,15-17H,9-14H2,(H,28,29). The molecule has 0 atom stereocenters. The predicted octanol–water partition coefficient (Wildman–Crippen LogP) is 6.50. The lowest BCUT2D eigenvalue weighted by Crippen LogP contribution is -2.49. The zero-order chi connectivity index (χ0) is 20.2. The van der Waals surface area contributed by atoms with Crippen LogP contribution in [-0.4, -0.2) is 11.1 Å². The van der Waals surface area contributed by atoms with E-state index in [0.29, 0.717) is 16.3 Å². The zero-order valence-electron chi connectivity index (χ0n) is 16.2. The van der Waals surface area contributed by atoms with Gasteiger partial charge in [0.2, 0.25) is 0 Å². The van der Waals surface area contributed by atoms with Crippen LogP contribution < -0.4 is 4.90 Å². The van der Waals surface area contributed by atoms with Crippen molar-refractivity contribution in [3.63, 3.8) is 0 Å². The first-order chi connectivity index (χ1) is 13.9. The van der Waals surface area contributed by atoms with Gasteiger partial charge in [-0.25, -0.2) is 4.90 Å². The lowest BCUT2D eigenvalue weighted by Gasteiger charge is -2.57. The average molecular weight is 426 g/mol. The number of anilines is 1. The lowest BCUT2D eigenvalue weighted by molar-refractivity contribution is -0.00492. The van der Waals surface area contributed by atoms with Crippen molar-refractivity contribution in [2.24, 2.45) is 17.8 Å². The van der Waals surface area contributed by atoms with Gasteiger partial charge in [0.25, 0.3) is 11.1 Å². The molecule has 0 aromatic heterocycles. The minimum absolute atomic E-state index is 0.0765. The molecule has 0 unspecified atom stereocenters. The molecule has 0 aliphatic heterocycles. The average Bonchev–Trinajstić information content (AvgIpc) is 2.67. The van der Waals surface area contributed by atoms with E-state index < -0.39 is 5.24 Å². The number of nitrogens with zero attached hydrogens (tertiary/aromatic N) is 1. The van der Waals surface area contributed by atoms with Crippen LogP contribution in [0.3, 0.4) is 0 Å². The van der Waals surface area contributed by atoms with Crippen molar-refractivity contribution >= 4 is 41.1 Å². The largest absolute Gasteiger partial charge is 0.290 e. The highest BCUT2D eigenvalue weighted by Crippen LogP contribution is 2.61. The Morgan fingerprint density at radius 3 is 2.00 bits per heavy atom. The number of benzene rings is 2. The van der Waals surface area contributed by atoms with Gasteiger partial charge in [-0.3, -0.25) is 9.59 Å². The third-order valence-electron chi connectivity index (χ3n) is 7.24. The van der Waals surface area contributed by atoms with Crippen LogP contribution in [-0.2, 0) is 5.41 Å². The maximum Gasteiger partial charge on any atom is 0.290 e. The van der Waals surface area contributed by atoms with E-state index in [9.17, 15) is 9.59 Å². The normalized spacial score (nSPS) is 29.7. The maximum atomic E-state index is 13.3. The number of amides is 2. The highest BCUT2D eigenvalue weighted by Gasteiger charge is 2.52. The minimum Gasteiger partial charge on any atom is -0.268 e. The van der Waals surface area contributed by atoms with Gasteiger partial charge in [-0.05, 0) is 97.6 Å². The Morgan fingerprint density at radius 2 is 1.45 bits per heavy atom. The first-order valence-electron chi connectivity index (χ1n) is 10.4. The fourth-order valence-corrected chi connectivity index (χ4v) is 6.90. The van der Waals surface area contributed by atoms with Gasteiger partial charge in [-0.2, -0.15) is 0 Å². The smallest absolute Gasteiger partial charge is 0.268 e. The molecule has 4 saturated carbocycles. The minimum atomic E-state index is -0.554. The SMILES string of the molecule is O=C(S)N(C(=O)c1ccc(Cl)cc1)c1ccccc1C12CC3CC(CC(C3)C1)C2. The second-order valence-corrected chi connectivity index (χ2v) is 9.96. The predicted molar refractivity (Wildman–Crippen MR) is 119 cm³/mol. The first kappa shape index (κ1) is 19.2. The number of halogens is 1. The number of thiol groups is 1. The van der Waals surface area contributed by atoms with Crippen LogP contribution in [0, 0.1) is 17.8 Å². The van der Waals surface area contributed by atoms with Gasteiger partial charge in [-0.1, -0.05) is 42.4 Å². The van der Waals surface area contributed by atoms with Gasteiger partial charge in [0, 0.05) is 10.6 Å². The summed E-state index contributed by atoms with van der Waals surface area (Å²) < 4.78 is 0. The molecule has 2 aromatic carbocycles. The number of carbonyl (C=O) groups excluding carboxylic acids is 2. The van der Waals surface area contributed by atoms with Crippen molar-refractivity contribution in [1.29, 1.82) is 0 Å². The van der Waals surface area contributed by atoms with Crippen molar-refractivity contribution in [3.05, 3.63) is 64.7 Å². The highest BCUT2D eigenvalue weighted by atomic mass is 35.5. The number of hydrogen-bond acceptors (Lipinski definition) is 2. The number of carbonyl (C=O) groups is 2. The molecule has 0 heterocycles. The second kappa shape index (κ2) is 7.17. The van der Waals surface area contributed by atoms with Gasteiger partial charge in [0.05, 0.1) is 5.69 Å². The van der Waals surface area contributed by atoms with Crippen LogP contribution in [0.2, 0.25) is 5.02 Å². The zero-order valence-corrected chi connectivity index (χ0v) is 17.8. The monoisotopic (exact) mass is 425 g/mol. The summed E-state index contributed by atoms with van der Waals surface area (Å²) in [6.45, 7) is 0. The molecule has 0 saturated heterocycles. The van der Waals surface area contributed by atoms with Gasteiger partial charge < -0.3 is 0 Å². The first-order valence-corrected chi connectivity index (χ1v) is 11.2. The van der Waals surface area contributed by atoms with Crippen molar-refractivity contribution in [2.75, 3.05) is 4.90 Å². The molecule has 0 spiro atoms. The lowest BCUT2D eigenvalue weighted by atomic mass is 9.48. The summed E-state index contributed by atoms with van der Waals surface area (Å²) in [4.78, 5) is 27.1. The molecular formula is C24H24ClNO2S. The van der Waals surface area contributed by atoms with Crippen molar-refractivity contribution in [2.45, 2.75) is 43.9 Å². The second-order valence-electron chi connectivity index (χ2n) is 9.15. The quantitative estimate of drug-likeness (QED) is 0.569. The number of imide groups is 1. The van der Waals surface area contributed by atoms with E-state index in [1.54, 1.807) is 24.3 Å². The van der Waals surface area contributed by atoms with Gasteiger partial charge in [0.1, 0.15) is 0 Å². The van der Waals surface area contributed by atoms with Crippen LogP contribution in [0.5, 0.6) is 0 Å². The summed E-state index contributed by atoms with van der Waals surface area (Å²) in [6.07, 6.45) is 7.54. The molecule has 0 radical (unpaired) electrons. The van der Waals surface area contributed by atoms with Gasteiger partial charge >= 0.3 is 0 Å². The summed E-state index contributed by atoms with van der Waals surface area (Å²) in [5.41, 5.74) is 2.34. The summed E-state index contributed by atoms with van der Waals surface area (Å²) in [7, 11) is 0. The third-order valence-corrected chi connectivity index (χ3v) is 7.69. The molecule has 3 nitrogen and oxygen atoms in total. The molecule has 2 aromatic rings. The Hall–Kier alpha value is -1.78. The molecule has 29 heavy (non-hydrogen) atoms. The van der Waals surface area contributed by atoms with E-state index in [2.05, 4.69) is 18.7 Å². The summed E-state index contributed by atoms with van der Waals surface area (Å²) >= 11 is 10.1. The van der Waals surface area contributed by atoms with E-state index in [0.717, 1.165) is 23.3 Å². The Balaban J connectivity index is 1.58. The van der Waals surface area contributed by atoms with E-state index in [1.165, 1.54) is 43.4 Å². The maximum absolute atomic E-state index is 13.3. The third kappa shape index (κ3) is 3.30. The van der Waals surface area contributed by atoms with Crippen LogP contribution >= 0.6 is 24.2 Å². The molecule has 2 amide bonds. The molecule has 150 valence electrons. The molecule has 4 bridgehead atoms. The van der Waals surface area contributed by atoms with Crippen LogP contribution in [0.1, 0.15) is 54.4 Å². The van der Waals surface area contributed by atoms with Crippen LogP contribution in [0.15, 0.2) is 48.5 Å². The highest BCUT2D eigenvalue weighted by molar-refractivity contribution is 7.97. The molecule has 4 fully saturated rings. The summed E-state index contributed by atoms with van der Waals surface area (Å²) in [5.74, 6) is 1.98. The number of rotatable bonds is 3. The number of hydrogen-bond donors (Lipinski definition) is 1. The molecule has 5 heteroatoms. The molecular weight excluding hydrogens is 402 g/mol.